The molecule has 2 aromatic carbocycles. The van der Waals surface area contributed by atoms with E-state index in [-0.39, 0.29) is 11.5 Å². The largest absolute Gasteiger partial charge is 0.507 e. The Kier molecular flexibility index (Phi) is 5.93. The molecule has 1 heterocycles. The molecule has 3 heteroatoms. The van der Waals surface area contributed by atoms with Crippen molar-refractivity contribution in [1.29, 1.82) is 0 Å². The van der Waals surface area contributed by atoms with Crippen molar-refractivity contribution in [1.82, 2.24) is 0 Å². The summed E-state index contributed by atoms with van der Waals surface area (Å²) in [6.45, 7) is 8.29. The van der Waals surface area contributed by atoms with E-state index in [1.807, 2.05) is 31.2 Å². The number of fused-ring (bicyclic) bond motifs is 1. The van der Waals surface area contributed by atoms with Crippen LogP contribution in [-0.4, -0.2) is 10.2 Å². The summed E-state index contributed by atoms with van der Waals surface area (Å²) in [6, 6.07) is 11.3. The summed E-state index contributed by atoms with van der Waals surface area (Å²) in [6.07, 6.45) is 6.77. The highest BCUT2D eigenvalue weighted by atomic mass is 16.3. The molecule has 0 aliphatic heterocycles. The normalized spacial score (nSPS) is 11.8. The molecule has 0 amide bonds. The van der Waals surface area contributed by atoms with Gasteiger partial charge in [-0.2, -0.15) is 0 Å². The van der Waals surface area contributed by atoms with E-state index in [9.17, 15) is 10.2 Å². The second-order valence-corrected chi connectivity index (χ2v) is 7.72. The third-order valence-electron chi connectivity index (χ3n) is 4.91. The molecule has 0 unspecified atom stereocenters. The molecule has 2 N–H and O–H groups in total. The number of allylic oxidation sites excluding steroid dienone is 4. The molecule has 146 valence electrons. The van der Waals surface area contributed by atoms with E-state index < -0.39 is 0 Å². The van der Waals surface area contributed by atoms with Gasteiger partial charge in [-0.15, -0.1) is 0 Å². The van der Waals surface area contributed by atoms with Crippen molar-refractivity contribution < 1.29 is 14.6 Å². The van der Waals surface area contributed by atoms with Crippen molar-refractivity contribution in [3.8, 4) is 22.8 Å². The Morgan fingerprint density at radius 3 is 2.36 bits per heavy atom. The average Bonchev–Trinajstić information content (AvgIpc) is 3.03. The lowest BCUT2D eigenvalue weighted by molar-refractivity contribution is 0.441. The van der Waals surface area contributed by atoms with Crippen LogP contribution in [0.1, 0.15) is 44.7 Å². The zero-order chi connectivity index (χ0) is 20.3. The van der Waals surface area contributed by atoms with Crippen molar-refractivity contribution in [2.24, 2.45) is 0 Å². The highest BCUT2D eigenvalue weighted by Crippen LogP contribution is 2.36. The quantitative estimate of drug-likeness (QED) is 0.453. The molecular formula is C25H28O3. The van der Waals surface area contributed by atoms with Gasteiger partial charge in [-0.1, -0.05) is 35.4 Å². The second-order valence-electron chi connectivity index (χ2n) is 7.72. The maximum Gasteiger partial charge on any atom is 0.135 e. The van der Waals surface area contributed by atoms with Gasteiger partial charge >= 0.3 is 0 Å². The summed E-state index contributed by atoms with van der Waals surface area (Å²) >= 11 is 0. The fourth-order valence-corrected chi connectivity index (χ4v) is 3.24. The fourth-order valence-electron chi connectivity index (χ4n) is 3.24. The fraction of sp³-hybridized carbons (Fsp3) is 0.280. The Bertz CT molecular complexity index is 1020. The van der Waals surface area contributed by atoms with Gasteiger partial charge in [0, 0.05) is 16.5 Å². The number of rotatable bonds is 6. The van der Waals surface area contributed by atoms with Gasteiger partial charge in [-0.25, -0.2) is 0 Å². The molecule has 1 aromatic heterocycles. The molecule has 0 atom stereocenters. The van der Waals surface area contributed by atoms with Crippen LogP contribution >= 0.6 is 0 Å². The van der Waals surface area contributed by atoms with E-state index >= 15 is 0 Å². The minimum Gasteiger partial charge on any atom is -0.507 e. The van der Waals surface area contributed by atoms with Crippen LogP contribution < -0.4 is 0 Å². The number of benzene rings is 2. The van der Waals surface area contributed by atoms with Crippen LogP contribution in [0.15, 0.2) is 64.1 Å². The highest BCUT2D eigenvalue weighted by molar-refractivity contribution is 5.84. The third kappa shape index (κ3) is 4.66. The van der Waals surface area contributed by atoms with Crippen LogP contribution in [0.4, 0.5) is 0 Å². The smallest absolute Gasteiger partial charge is 0.135 e. The van der Waals surface area contributed by atoms with Crippen molar-refractivity contribution in [3.05, 3.63) is 70.8 Å². The number of phenolic OH excluding ortho intramolecular Hbond substituents is 2. The summed E-state index contributed by atoms with van der Waals surface area (Å²) in [5, 5.41) is 21.9. The molecule has 0 aliphatic rings. The first-order valence-electron chi connectivity index (χ1n) is 9.68. The van der Waals surface area contributed by atoms with E-state index in [1.54, 1.807) is 12.1 Å². The maximum atomic E-state index is 10.5. The lowest BCUT2D eigenvalue weighted by Crippen LogP contribution is -1.88. The average molecular weight is 376 g/mol. The lowest BCUT2D eigenvalue weighted by Gasteiger charge is -2.08. The van der Waals surface area contributed by atoms with Crippen molar-refractivity contribution >= 4 is 11.0 Å². The molecule has 0 spiro atoms. The van der Waals surface area contributed by atoms with Crippen LogP contribution in [0.25, 0.3) is 22.3 Å². The highest BCUT2D eigenvalue weighted by Gasteiger charge is 2.13. The van der Waals surface area contributed by atoms with Crippen LogP contribution in [0.2, 0.25) is 0 Å². The minimum absolute atomic E-state index is 0.0833. The van der Waals surface area contributed by atoms with Gasteiger partial charge in [0.25, 0.3) is 0 Å². The zero-order valence-electron chi connectivity index (χ0n) is 17.0. The molecular weight excluding hydrogens is 348 g/mol. The number of aryl methyl sites for hydroxylation is 1. The third-order valence-corrected chi connectivity index (χ3v) is 4.91. The molecule has 28 heavy (non-hydrogen) atoms. The summed E-state index contributed by atoms with van der Waals surface area (Å²) in [7, 11) is 0. The Morgan fingerprint density at radius 1 is 0.964 bits per heavy atom. The Labute approximate surface area is 166 Å². The first-order chi connectivity index (χ1) is 13.3. The molecule has 0 saturated heterocycles. The Balaban J connectivity index is 1.81. The van der Waals surface area contributed by atoms with Gasteiger partial charge in [0.2, 0.25) is 0 Å². The Hall–Kier alpha value is -2.94. The van der Waals surface area contributed by atoms with Gasteiger partial charge in [-0.05, 0) is 76.8 Å². The van der Waals surface area contributed by atoms with Gasteiger partial charge in [0.15, 0.2) is 0 Å². The van der Waals surface area contributed by atoms with E-state index in [2.05, 4.69) is 32.9 Å². The lowest BCUT2D eigenvalue weighted by atomic mass is 10.0. The van der Waals surface area contributed by atoms with Gasteiger partial charge < -0.3 is 14.6 Å². The van der Waals surface area contributed by atoms with Crippen LogP contribution in [0.3, 0.4) is 0 Å². The van der Waals surface area contributed by atoms with E-state index in [4.69, 9.17) is 4.42 Å². The number of furan rings is 1. The SMILES string of the molecule is CC(C)=CCC/C(C)=C/Cc1c(O)cc(-c2cc3ccc(C)cc3o2)cc1O. The van der Waals surface area contributed by atoms with Crippen molar-refractivity contribution in [2.75, 3.05) is 0 Å². The van der Waals surface area contributed by atoms with Crippen LogP contribution in [-0.2, 0) is 6.42 Å². The summed E-state index contributed by atoms with van der Waals surface area (Å²) in [5.74, 6) is 0.797. The van der Waals surface area contributed by atoms with Crippen molar-refractivity contribution in [2.45, 2.75) is 47.0 Å². The topological polar surface area (TPSA) is 53.6 Å². The molecule has 3 rings (SSSR count). The second kappa shape index (κ2) is 8.39. The zero-order valence-corrected chi connectivity index (χ0v) is 17.0. The molecule has 0 aliphatic carbocycles. The maximum absolute atomic E-state index is 10.5. The molecule has 0 saturated carbocycles. The van der Waals surface area contributed by atoms with Gasteiger partial charge in [0.1, 0.15) is 22.8 Å². The first kappa shape index (κ1) is 19.8. The van der Waals surface area contributed by atoms with Crippen molar-refractivity contribution in [3.63, 3.8) is 0 Å². The first-order valence-corrected chi connectivity index (χ1v) is 9.68. The monoisotopic (exact) mass is 376 g/mol. The minimum atomic E-state index is 0.0833. The Morgan fingerprint density at radius 2 is 1.68 bits per heavy atom. The molecule has 0 bridgehead atoms. The number of aromatic hydroxyl groups is 2. The van der Waals surface area contributed by atoms with Gasteiger partial charge in [-0.3, -0.25) is 0 Å². The predicted octanol–water partition coefficient (Wildman–Crippen LogP) is 7.05. The van der Waals surface area contributed by atoms with E-state index in [0.29, 0.717) is 23.3 Å². The van der Waals surface area contributed by atoms with E-state index in [0.717, 1.165) is 29.4 Å². The summed E-state index contributed by atoms with van der Waals surface area (Å²) in [5.41, 5.74) is 5.69. The van der Waals surface area contributed by atoms with Gasteiger partial charge in [0.05, 0.1) is 0 Å². The molecule has 3 aromatic rings. The summed E-state index contributed by atoms with van der Waals surface area (Å²) < 4.78 is 5.91. The predicted molar refractivity (Wildman–Crippen MR) is 116 cm³/mol. The molecule has 3 nitrogen and oxygen atoms in total. The van der Waals surface area contributed by atoms with Crippen LogP contribution in [0.5, 0.6) is 11.5 Å². The number of hydrogen-bond acceptors (Lipinski definition) is 3. The number of hydrogen-bond donors (Lipinski definition) is 2. The van der Waals surface area contributed by atoms with Crippen LogP contribution in [0, 0.1) is 6.92 Å². The summed E-state index contributed by atoms with van der Waals surface area (Å²) in [4.78, 5) is 0. The number of phenols is 2. The van der Waals surface area contributed by atoms with E-state index in [1.165, 1.54) is 11.1 Å². The standard InChI is InChI=1S/C25H28O3/c1-16(2)6-5-7-17(3)9-11-21-22(26)13-20(14-23(21)27)25-15-19-10-8-18(4)12-24(19)28-25/h6,8-10,12-15,26-27H,5,7,11H2,1-4H3/b17-9+. The molecule has 0 fully saturated rings. The molecule has 0 radical (unpaired) electrons.